The fourth-order valence-electron chi connectivity index (χ4n) is 0.884. The second-order valence-corrected chi connectivity index (χ2v) is 2.32. The van der Waals surface area contributed by atoms with Crippen molar-refractivity contribution in [1.29, 1.82) is 0 Å². The second-order valence-electron chi connectivity index (χ2n) is 2.32. The molecule has 0 saturated heterocycles. The van der Waals surface area contributed by atoms with E-state index in [4.69, 9.17) is 5.73 Å². The van der Waals surface area contributed by atoms with E-state index in [2.05, 4.69) is 5.32 Å². The number of hydrogen-bond donors (Lipinski definition) is 2. The summed E-state index contributed by atoms with van der Waals surface area (Å²) >= 11 is 0. The third-order valence-corrected chi connectivity index (χ3v) is 1.44. The van der Waals surface area contributed by atoms with Gasteiger partial charge in [-0.05, 0) is 6.07 Å². The highest BCUT2D eigenvalue weighted by atomic mass is 16.6. The van der Waals surface area contributed by atoms with Gasteiger partial charge < -0.3 is 11.1 Å². The molecule has 5 nitrogen and oxygen atoms in total. The molecule has 0 bridgehead atoms. The van der Waals surface area contributed by atoms with E-state index in [1.807, 2.05) is 0 Å². The van der Waals surface area contributed by atoms with E-state index in [-0.39, 0.29) is 5.69 Å². The minimum absolute atomic E-state index is 0.000602. The number of rotatable bonds is 2. The smallest absolute Gasteiger partial charge is 0.273 e. The lowest BCUT2D eigenvalue weighted by molar-refractivity contribution is -0.384. The second kappa shape index (κ2) is 3.08. The summed E-state index contributed by atoms with van der Waals surface area (Å²) < 4.78 is 0. The van der Waals surface area contributed by atoms with E-state index < -0.39 is 4.92 Å². The zero-order valence-corrected chi connectivity index (χ0v) is 6.57. The topological polar surface area (TPSA) is 81.2 Å². The Bertz CT molecular complexity index is 312. The predicted molar refractivity (Wildman–Crippen MR) is 47.1 cm³/mol. The van der Waals surface area contributed by atoms with Crippen molar-refractivity contribution in [3.05, 3.63) is 28.3 Å². The molecule has 5 heteroatoms. The molecule has 12 heavy (non-hydrogen) atoms. The molecule has 3 N–H and O–H groups in total. The van der Waals surface area contributed by atoms with Crippen molar-refractivity contribution in [3.8, 4) is 0 Å². The van der Waals surface area contributed by atoms with Crippen molar-refractivity contribution in [2.24, 2.45) is 0 Å². The van der Waals surface area contributed by atoms with Crippen LogP contribution >= 0.6 is 0 Å². The molecular formula is C7H9N3O2. The first-order chi connectivity index (χ1) is 5.63. The minimum atomic E-state index is -0.475. The number of nitrogens with one attached hydrogen (secondary N) is 1. The van der Waals surface area contributed by atoms with Crippen LogP contribution in [0, 0.1) is 10.1 Å². The summed E-state index contributed by atoms with van der Waals surface area (Å²) in [6.45, 7) is 0. The Morgan fingerprint density at radius 1 is 1.50 bits per heavy atom. The maximum absolute atomic E-state index is 10.3. The SMILES string of the molecule is CNc1cc(N)cc([N+](=O)[O-])c1. The predicted octanol–water partition coefficient (Wildman–Crippen LogP) is 1.22. The van der Waals surface area contributed by atoms with Crippen LogP contribution in [-0.4, -0.2) is 12.0 Å². The fourth-order valence-corrected chi connectivity index (χ4v) is 0.884. The van der Waals surface area contributed by atoms with Gasteiger partial charge in [0.15, 0.2) is 0 Å². The first-order valence-electron chi connectivity index (χ1n) is 3.36. The zero-order valence-electron chi connectivity index (χ0n) is 6.57. The molecule has 0 aliphatic carbocycles. The van der Waals surface area contributed by atoms with Gasteiger partial charge in [-0.15, -0.1) is 0 Å². The van der Waals surface area contributed by atoms with E-state index >= 15 is 0 Å². The lowest BCUT2D eigenvalue weighted by Crippen LogP contribution is -1.95. The van der Waals surface area contributed by atoms with E-state index in [1.54, 1.807) is 13.1 Å². The van der Waals surface area contributed by atoms with Crippen LogP contribution < -0.4 is 11.1 Å². The van der Waals surface area contributed by atoms with Crippen molar-refractivity contribution >= 4 is 17.1 Å². The molecule has 1 aromatic carbocycles. The molecule has 64 valence electrons. The van der Waals surface area contributed by atoms with Crippen molar-refractivity contribution in [3.63, 3.8) is 0 Å². The van der Waals surface area contributed by atoms with E-state index in [1.165, 1.54) is 12.1 Å². The Morgan fingerprint density at radius 2 is 2.17 bits per heavy atom. The molecule has 0 radical (unpaired) electrons. The average Bonchev–Trinajstić information content (AvgIpc) is 2.03. The van der Waals surface area contributed by atoms with Gasteiger partial charge in [0.2, 0.25) is 0 Å². The van der Waals surface area contributed by atoms with Crippen LogP contribution in [0.2, 0.25) is 0 Å². The van der Waals surface area contributed by atoms with Crippen molar-refractivity contribution < 1.29 is 4.92 Å². The molecule has 0 aliphatic heterocycles. The van der Waals surface area contributed by atoms with Gasteiger partial charge in [-0.25, -0.2) is 0 Å². The maximum atomic E-state index is 10.3. The third-order valence-electron chi connectivity index (χ3n) is 1.44. The first kappa shape index (κ1) is 8.32. The molecule has 0 fully saturated rings. The average molecular weight is 167 g/mol. The standard InChI is InChI=1S/C7H9N3O2/c1-9-6-2-5(8)3-7(4-6)10(11)12/h2-4,9H,8H2,1H3. The van der Waals surface area contributed by atoms with Crippen LogP contribution in [0.5, 0.6) is 0 Å². The Morgan fingerprint density at radius 3 is 2.67 bits per heavy atom. The molecule has 0 aromatic heterocycles. The Balaban J connectivity index is 3.15. The summed E-state index contributed by atoms with van der Waals surface area (Å²) in [6.07, 6.45) is 0. The highest BCUT2D eigenvalue weighted by Crippen LogP contribution is 2.21. The molecule has 0 heterocycles. The quantitative estimate of drug-likeness (QED) is 0.394. The van der Waals surface area contributed by atoms with Gasteiger partial charge in [-0.3, -0.25) is 10.1 Å². The number of hydrogen-bond acceptors (Lipinski definition) is 4. The summed E-state index contributed by atoms with van der Waals surface area (Å²) in [5.74, 6) is 0. The third kappa shape index (κ3) is 1.63. The largest absolute Gasteiger partial charge is 0.398 e. The fraction of sp³-hybridized carbons (Fsp3) is 0.143. The van der Waals surface area contributed by atoms with Crippen LogP contribution in [0.4, 0.5) is 17.1 Å². The summed E-state index contributed by atoms with van der Waals surface area (Å²) in [5.41, 5.74) is 6.45. The summed E-state index contributed by atoms with van der Waals surface area (Å²) in [6, 6.07) is 4.38. The highest BCUT2D eigenvalue weighted by molar-refractivity contribution is 5.61. The van der Waals surface area contributed by atoms with Gasteiger partial charge in [0.1, 0.15) is 0 Å². The number of nitrogens with two attached hydrogens (primary N) is 1. The molecule has 0 spiro atoms. The molecule has 1 aromatic rings. The molecule has 0 amide bonds. The maximum Gasteiger partial charge on any atom is 0.273 e. The highest BCUT2D eigenvalue weighted by Gasteiger charge is 2.06. The van der Waals surface area contributed by atoms with Crippen molar-refractivity contribution in [2.45, 2.75) is 0 Å². The molecule has 1 rings (SSSR count). The van der Waals surface area contributed by atoms with Crippen LogP contribution in [0.25, 0.3) is 0 Å². The van der Waals surface area contributed by atoms with Gasteiger partial charge in [0, 0.05) is 30.6 Å². The molecule has 0 aliphatic rings. The number of nitrogen functional groups attached to an aromatic ring is 1. The Hall–Kier alpha value is -1.78. The summed E-state index contributed by atoms with van der Waals surface area (Å²) in [4.78, 5) is 9.87. The van der Waals surface area contributed by atoms with Crippen LogP contribution in [0.15, 0.2) is 18.2 Å². The van der Waals surface area contributed by atoms with Crippen LogP contribution in [-0.2, 0) is 0 Å². The number of nitro benzene ring substituents is 1. The lowest BCUT2D eigenvalue weighted by atomic mass is 10.2. The van der Waals surface area contributed by atoms with Gasteiger partial charge in [-0.1, -0.05) is 0 Å². The molecule has 0 unspecified atom stereocenters. The van der Waals surface area contributed by atoms with Gasteiger partial charge in [-0.2, -0.15) is 0 Å². The number of anilines is 2. The van der Waals surface area contributed by atoms with Crippen LogP contribution in [0.1, 0.15) is 0 Å². The number of non-ortho nitro benzene ring substituents is 1. The summed E-state index contributed by atoms with van der Waals surface area (Å²) in [5, 5.41) is 13.1. The van der Waals surface area contributed by atoms with E-state index in [0.717, 1.165) is 0 Å². The molecule has 0 saturated carbocycles. The Kier molecular flexibility index (Phi) is 2.14. The molecule has 0 atom stereocenters. The molecular weight excluding hydrogens is 158 g/mol. The normalized spacial score (nSPS) is 9.42. The Labute approximate surface area is 69.3 Å². The minimum Gasteiger partial charge on any atom is -0.398 e. The first-order valence-corrected chi connectivity index (χ1v) is 3.36. The summed E-state index contributed by atoms with van der Waals surface area (Å²) in [7, 11) is 1.68. The van der Waals surface area contributed by atoms with Gasteiger partial charge in [0.25, 0.3) is 5.69 Å². The van der Waals surface area contributed by atoms with E-state index in [0.29, 0.717) is 11.4 Å². The number of benzene rings is 1. The number of nitro groups is 1. The van der Waals surface area contributed by atoms with Crippen molar-refractivity contribution in [2.75, 3.05) is 18.1 Å². The zero-order chi connectivity index (χ0) is 9.14. The van der Waals surface area contributed by atoms with Crippen molar-refractivity contribution in [1.82, 2.24) is 0 Å². The lowest BCUT2D eigenvalue weighted by Gasteiger charge is -2.00. The monoisotopic (exact) mass is 167 g/mol. The van der Waals surface area contributed by atoms with E-state index in [9.17, 15) is 10.1 Å². The van der Waals surface area contributed by atoms with Gasteiger partial charge in [0.05, 0.1) is 4.92 Å². The van der Waals surface area contributed by atoms with Gasteiger partial charge >= 0.3 is 0 Å². The number of nitrogens with zero attached hydrogens (tertiary/aromatic N) is 1. The van der Waals surface area contributed by atoms with Crippen LogP contribution in [0.3, 0.4) is 0 Å².